The van der Waals surface area contributed by atoms with Crippen LogP contribution in [0.5, 0.6) is 5.75 Å². The molecule has 1 aromatic carbocycles. The predicted molar refractivity (Wildman–Crippen MR) is 105 cm³/mol. The summed E-state index contributed by atoms with van der Waals surface area (Å²) in [4.78, 5) is 13.9. The molecule has 0 bridgehead atoms. The molecule has 0 aliphatic carbocycles. The maximum Gasteiger partial charge on any atom is 0.134 e. The lowest BCUT2D eigenvalue weighted by Crippen LogP contribution is -2.34. The van der Waals surface area contributed by atoms with Crippen LogP contribution in [0.1, 0.15) is 43.6 Å². The lowest BCUT2D eigenvalue weighted by Gasteiger charge is -2.34. The van der Waals surface area contributed by atoms with E-state index in [1.54, 1.807) is 13.4 Å². The highest BCUT2D eigenvalue weighted by Crippen LogP contribution is 2.32. The van der Waals surface area contributed by atoms with E-state index < -0.39 is 0 Å². The van der Waals surface area contributed by atoms with Crippen molar-refractivity contribution in [3.05, 3.63) is 42.2 Å². The minimum Gasteiger partial charge on any atom is -0.497 e. The van der Waals surface area contributed by atoms with Gasteiger partial charge in [-0.05, 0) is 55.7 Å². The van der Waals surface area contributed by atoms with Crippen LogP contribution in [0.2, 0.25) is 0 Å². The predicted octanol–water partition coefficient (Wildman–Crippen LogP) is 3.86. The first-order valence-corrected chi connectivity index (χ1v) is 9.79. The third-order valence-electron chi connectivity index (χ3n) is 5.70. The number of benzene rings is 1. The molecule has 4 rings (SSSR count). The molecule has 5 nitrogen and oxygen atoms in total. The summed E-state index contributed by atoms with van der Waals surface area (Å²) in [7, 11) is 1.73. The average Bonchev–Trinajstić information content (AvgIpc) is 2.75. The topological polar surface area (TPSA) is 41.5 Å². The molecule has 2 fully saturated rings. The van der Waals surface area contributed by atoms with Crippen molar-refractivity contribution < 1.29 is 4.74 Å². The molecule has 26 heavy (non-hydrogen) atoms. The van der Waals surface area contributed by atoms with Crippen LogP contribution < -0.4 is 14.5 Å². The molecule has 0 atom stereocenters. The molecule has 2 aliphatic rings. The second-order valence-electron chi connectivity index (χ2n) is 7.32. The fourth-order valence-electron chi connectivity index (χ4n) is 4.14. The smallest absolute Gasteiger partial charge is 0.134 e. The Morgan fingerprint density at radius 1 is 0.885 bits per heavy atom. The Morgan fingerprint density at radius 3 is 2.27 bits per heavy atom. The van der Waals surface area contributed by atoms with Crippen molar-refractivity contribution in [2.45, 2.75) is 38.0 Å². The van der Waals surface area contributed by atoms with E-state index in [0.29, 0.717) is 5.92 Å². The van der Waals surface area contributed by atoms with Gasteiger partial charge < -0.3 is 14.5 Å². The van der Waals surface area contributed by atoms with Crippen molar-refractivity contribution in [2.24, 2.45) is 0 Å². The maximum absolute atomic E-state index is 5.37. The molecule has 138 valence electrons. The van der Waals surface area contributed by atoms with E-state index in [1.807, 2.05) is 6.07 Å². The maximum atomic E-state index is 5.37. The Bertz CT molecular complexity index is 721. The van der Waals surface area contributed by atoms with Gasteiger partial charge in [0.2, 0.25) is 0 Å². The number of anilines is 2. The first kappa shape index (κ1) is 17.1. The van der Waals surface area contributed by atoms with E-state index in [2.05, 4.69) is 44.0 Å². The summed E-state index contributed by atoms with van der Waals surface area (Å²) in [5, 5.41) is 0. The third kappa shape index (κ3) is 3.76. The van der Waals surface area contributed by atoms with Gasteiger partial charge in [-0.2, -0.15) is 0 Å². The van der Waals surface area contributed by atoms with Crippen LogP contribution in [0.4, 0.5) is 11.6 Å². The van der Waals surface area contributed by atoms with Gasteiger partial charge in [0.05, 0.1) is 7.11 Å². The van der Waals surface area contributed by atoms with Crippen molar-refractivity contribution in [3.63, 3.8) is 0 Å². The van der Waals surface area contributed by atoms with Gasteiger partial charge in [0, 0.05) is 32.2 Å². The highest BCUT2D eigenvalue weighted by molar-refractivity contribution is 5.50. The van der Waals surface area contributed by atoms with Crippen LogP contribution in [0.15, 0.2) is 36.7 Å². The molecule has 1 aromatic heterocycles. The normalized spacial score (nSPS) is 18.8. The number of piperidine rings is 2. The monoisotopic (exact) mass is 352 g/mol. The molecule has 2 aliphatic heterocycles. The molecular formula is C21H28N4O. The van der Waals surface area contributed by atoms with Gasteiger partial charge in [-0.3, -0.25) is 0 Å². The van der Waals surface area contributed by atoms with E-state index in [-0.39, 0.29) is 0 Å². The average molecular weight is 352 g/mol. The Morgan fingerprint density at radius 2 is 1.58 bits per heavy atom. The van der Waals surface area contributed by atoms with Crippen molar-refractivity contribution in [1.82, 2.24) is 9.97 Å². The summed E-state index contributed by atoms with van der Waals surface area (Å²) in [6.45, 7) is 4.32. The van der Waals surface area contributed by atoms with Crippen molar-refractivity contribution in [3.8, 4) is 5.75 Å². The molecule has 0 N–H and O–H groups in total. The van der Waals surface area contributed by atoms with E-state index in [0.717, 1.165) is 56.4 Å². The highest BCUT2D eigenvalue weighted by Gasteiger charge is 2.23. The Labute approximate surface area is 156 Å². The molecule has 2 saturated heterocycles. The SMILES string of the molecule is COc1cccc(C2CCN(c3cc(N4CCCCC4)ncn3)CC2)c1. The van der Waals surface area contributed by atoms with Gasteiger partial charge in [0.15, 0.2) is 0 Å². The summed E-state index contributed by atoms with van der Waals surface area (Å²) in [6.07, 6.45) is 7.91. The fourth-order valence-corrected chi connectivity index (χ4v) is 4.14. The zero-order valence-electron chi connectivity index (χ0n) is 15.6. The van der Waals surface area contributed by atoms with Crippen LogP contribution in [0.25, 0.3) is 0 Å². The highest BCUT2D eigenvalue weighted by atomic mass is 16.5. The number of hydrogen-bond acceptors (Lipinski definition) is 5. The number of nitrogens with zero attached hydrogens (tertiary/aromatic N) is 4. The minimum atomic E-state index is 0.602. The van der Waals surface area contributed by atoms with Gasteiger partial charge >= 0.3 is 0 Å². The largest absolute Gasteiger partial charge is 0.497 e. The van der Waals surface area contributed by atoms with Gasteiger partial charge in [-0.1, -0.05) is 12.1 Å². The second-order valence-corrected chi connectivity index (χ2v) is 7.32. The van der Waals surface area contributed by atoms with Crippen molar-refractivity contribution in [2.75, 3.05) is 43.1 Å². The van der Waals surface area contributed by atoms with E-state index in [4.69, 9.17) is 4.74 Å². The molecule has 0 radical (unpaired) electrons. The van der Waals surface area contributed by atoms with Crippen LogP contribution >= 0.6 is 0 Å². The molecule has 0 amide bonds. The molecular weight excluding hydrogens is 324 g/mol. The lowest BCUT2D eigenvalue weighted by molar-refractivity contribution is 0.412. The lowest BCUT2D eigenvalue weighted by atomic mass is 9.89. The third-order valence-corrected chi connectivity index (χ3v) is 5.70. The van der Waals surface area contributed by atoms with Gasteiger partial charge in [0.1, 0.15) is 23.7 Å². The second kappa shape index (κ2) is 7.94. The molecule has 0 spiro atoms. The Balaban J connectivity index is 1.41. The van der Waals surface area contributed by atoms with Crippen molar-refractivity contribution in [1.29, 1.82) is 0 Å². The first-order chi connectivity index (χ1) is 12.8. The summed E-state index contributed by atoms with van der Waals surface area (Å²) < 4.78 is 5.37. The Kier molecular flexibility index (Phi) is 5.23. The first-order valence-electron chi connectivity index (χ1n) is 9.79. The van der Waals surface area contributed by atoms with E-state index >= 15 is 0 Å². The van der Waals surface area contributed by atoms with Gasteiger partial charge in [0.25, 0.3) is 0 Å². The van der Waals surface area contributed by atoms with Crippen LogP contribution in [0, 0.1) is 0 Å². The van der Waals surface area contributed by atoms with Crippen LogP contribution in [0.3, 0.4) is 0 Å². The Hall–Kier alpha value is -2.30. The number of ether oxygens (including phenoxy) is 1. The summed E-state index contributed by atoms with van der Waals surface area (Å²) >= 11 is 0. The van der Waals surface area contributed by atoms with Gasteiger partial charge in [-0.15, -0.1) is 0 Å². The number of methoxy groups -OCH3 is 1. The van der Waals surface area contributed by atoms with Gasteiger partial charge in [-0.25, -0.2) is 9.97 Å². The van der Waals surface area contributed by atoms with E-state index in [9.17, 15) is 0 Å². The molecule has 2 aromatic rings. The van der Waals surface area contributed by atoms with Crippen LogP contribution in [-0.4, -0.2) is 43.3 Å². The molecule has 3 heterocycles. The summed E-state index contributed by atoms with van der Waals surface area (Å²) in [6, 6.07) is 10.7. The molecule has 5 heteroatoms. The minimum absolute atomic E-state index is 0.602. The fraction of sp³-hybridized carbons (Fsp3) is 0.524. The molecule has 0 unspecified atom stereocenters. The molecule has 0 saturated carbocycles. The number of rotatable bonds is 4. The number of aromatic nitrogens is 2. The standard InChI is InChI=1S/C21H28N4O/c1-26-19-7-5-6-18(14-19)17-8-12-25(13-9-17)21-15-20(22-16-23-21)24-10-3-2-4-11-24/h5-7,14-17H,2-4,8-13H2,1H3. The van der Waals surface area contributed by atoms with E-state index in [1.165, 1.54) is 24.8 Å². The quantitative estimate of drug-likeness (QED) is 0.836. The zero-order chi connectivity index (χ0) is 17.8. The summed E-state index contributed by atoms with van der Waals surface area (Å²) in [5.41, 5.74) is 1.39. The van der Waals surface area contributed by atoms with Crippen molar-refractivity contribution >= 4 is 11.6 Å². The zero-order valence-corrected chi connectivity index (χ0v) is 15.6. The number of hydrogen-bond donors (Lipinski definition) is 0. The van der Waals surface area contributed by atoms with Crippen LogP contribution in [-0.2, 0) is 0 Å². The summed E-state index contributed by atoms with van der Waals surface area (Å²) in [5.74, 6) is 3.71.